The summed E-state index contributed by atoms with van der Waals surface area (Å²) in [7, 11) is 0. The Kier molecular flexibility index (Phi) is 3.80. The highest BCUT2D eigenvalue weighted by Gasteiger charge is 2.08. The van der Waals surface area contributed by atoms with Crippen LogP contribution in [0.2, 0.25) is 0 Å². The van der Waals surface area contributed by atoms with Crippen molar-refractivity contribution < 1.29 is 0 Å². The van der Waals surface area contributed by atoms with Gasteiger partial charge in [0.2, 0.25) is 0 Å². The quantitative estimate of drug-likeness (QED) is 0.815. The van der Waals surface area contributed by atoms with E-state index >= 15 is 0 Å². The monoisotopic (exact) mass is 243 g/mol. The van der Waals surface area contributed by atoms with E-state index < -0.39 is 0 Å². The van der Waals surface area contributed by atoms with Crippen molar-refractivity contribution in [1.29, 1.82) is 0 Å². The summed E-state index contributed by atoms with van der Waals surface area (Å²) >= 11 is 0. The summed E-state index contributed by atoms with van der Waals surface area (Å²) in [5.74, 6) is 1.90. The molecule has 0 radical (unpaired) electrons. The van der Waals surface area contributed by atoms with Crippen LogP contribution in [0.25, 0.3) is 5.82 Å². The number of aromatic nitrogens is 3. The maximum atomic E-state index is 4.58. The molecule has 1 unspecified atom stereocenters. The van der Waals surface area contributed by atoms with E-state index in [0.29, 0.717) is 11.8 Å². The first-order valence-corrected chi connectivity index (χ1v) is 6.63. The number of hydrogen-bond acceptors (Lipinski definition) is 2. The zero-order valence-electron chi connectivity index (χ0n) is 11.6. The Labute approximate surface area is 109 Å². The Hall–Kier alpha value is -1.64. The summed E-state index contributed by atoms with van der Waals surface area (Å²) < 4.78 is 1.85. The number of rotatable bonds is 4. The van der Waals surface area contributed by atoms with Crippen molar-refractivity contribution in [3.63, 3.8) is 0 Å². The number of nitrogens with zero attached hydrogens (tertiary/aromatic N) is 3. The van der Waals surface area contributed by atoms with E-state index in [2.05, 4.69) is 49.9 Å². The standard InChI is InChI=1S/C15H21N3/c1-5-12(4)14-8-9-18(17-14)15-7-6-13(10-16-15)11(2)3/h6-12H,5H2,1-4H3. The second-order valence-electron chi connectivity index (χ2n) is 5.10. The molecule has 3 heteroatoms. The molecule has 0 amide bonds. The van der Waals surface area contributed by atoms with E-state index in [-0.39, 0.29) is 0 Å². The van der Waals surface area contributed by atoms with Crippen molar-refractivity contribution in [2.24, 2.45) is 0 Å². The van der Waals surface area contributed by atoms with Gasteiger partial charge in [-0.15, -0.1) is 0 Å². The molecule has 0 aliphatic rings. The maximum absolute atomic E-state index is 4.58. The molecule has 0 saturated carbocycles. The molecule has 2 heterocycles. The van der Waals surface area contributed by atoms with Gasteiger partial charge in [-0.3, -0.25) is 0 Å². The molecule has 3 nitrogen and oxygen atoms in total. The van der Waals surface area contributed by atoms with Gasteiger partial charge >= 0.3 is 0 Å². The van der Waals surface area contributed by atoms with Crippen LogP contribution in [-0.4, -0.2) is 14.8 Å². The van der Waals surface area contributed by atoms with E-state index in [1.165, 1.54) is 5.56 Å². The van der Waals surface area contributed by atoms with Gasteiger partial charge < -0.3 is 0 Å². The van der Waals surface area contributed by atoms with Gasteiger partial charge in [0, 0.05) is 12.4 Å². The van der Waals surface area contributed by atoms with Gasteiger partial charge in [0.05, 0.1) is 5.69 Å². The van der Waals surface area contributed by atoms with Gasteiger partial charge in [-0.2, -0.15) is 5.10 Å². The van der Waals surface area contributed by atoms with Crippen molar-refractivity contribution in [3.8, 4) is 5.82 Å². The van der Waals surface area contributed by atoms with Crippen LogP contribution in [0.1, 0.15) is 57.2 Å². The van der Waals surface area contributed by atoms with Crippen LogP contribution in [0.15, 0.2) is 30.6 Å². The van der Waals surface area contributed by atoms with Crippen molar-refractivity contribution in [2.45, 2.75) is 46.0 Å². The summed E-state index contributed by atoms with van der Waals surface area (Å²) in [6, 6.07) is 6.23. The van der Waals surface area contributed by atoms with E-state index in [1.807, 2.05) is 23.1 Å². The Morgan fingerprint density at radius 3 is 2.50 bits per heavy atom. The minimum Gasteiger partial charge on any atom is -0.237 e. The molecule has 0 N–H and O–H groups in total. The third-order valence-electron chi connectivity index (χ3n) is 3.40. The topological polar surface area (TPSA) is 30.7 Å². The predicted molar refractivity (Wildman–Crippen MR) is 74.2 cm³/mol. The fourth-order valence-corrected chi connectivity index (χ4v) is 1.81. The minimum absolute atomic E-state index is 0.501. The first-order valence-electron chi connectivity index (χ1n) is 6.63. The fraction of sp³-hybridized carbons (Fsp3) is 0.467. The Morgan fingerprint density at radius 2 is 1.94 bits per heavy atom. The van der Waals surface area contributed by atoms with Gasteiger partial charge in [0.25, 0.3) is 0 Å². The second kappa shape index (κ2) is 5.34. The van der Waals surface area contributed by atoms with Gasteiger partial charge in [-0.05, 0) is 36.0 Å². The number of hydrogen-bond donors (Lipinski definition) is 0. The fourth-order valence-electron chi connectivity index (χ4n) is 1.81. The maximum Gasteiger partial charge on any atom is 0.153 e. The SMILES string of the molecule is CCC(C)c1ccn(-c2ccc(C(C)C)cn2)n1. The highest BCUT2D eigenvalue weighted by molar-refractivity contribution is 5.26. The molecule has 2 rings (SSSR count). The molecule has 0 spiro atoms. The molecule has 18 heavy (non-hydrogen) atoms. The predicted octanol–water partition coefficient (Wildman–Crippen LogP) is 3.90. The molecular formula is C15H21N3. The minimum atomic E-state index is 0.501. The van der Waals surface area contributed by atoms with E-state index in [0.717, 1.165) is 17.9 Å². The van der Waals surface area contributed by atoms with Crippen molar-refractivity contribution in [1.82, 2.24) is 14.8 Å². The summed E-state index contributed by atoms with van der Waals surface area (Å²) in [6.07, 6.45) is 5.03. The highest BCUT2D eigenvalue weighted by Crippen LogP contribution is 2.18. The zero-order chi connectivity index (χ0) is 13.1. The van der Waals surface area contributed by atoms with Crippen LogP contribution in [0.4, 0.5) is 0 Å². The van der Waals surface area contributed by atoms with E-state index in [4.69, 9.17) is 0 Å². The first kappa shape index (κ1) is 12.8. The summed E-state index contributed by atoms with van der Waals surface area (Å²) in [5, 5.41) is 4.58. The third-order valence-corrected chi connectivity index (χ3v) is 3.40. The summed E-state index contributed by atoms with van der Waals surface area (Å²) in [4.78, 5) is 4.47. The van der Waals surface area contributed by atoms with Crippen LogP contribution in [0.3, 0.4) is 0 Å². The second-order valence-corrected chi connectivity index (χ2v) is 5.10. The van der Waals surface area contributed by atoms with Crippen LogP contribution in [0.5, 0.6) is 0 Å². The lowest BCUT2D eigenvalue weighted by Crippen LogP contribution is -2.01. The normalized spacial score (nSPS) is 12.9. The molecule has 0 saturated heterocycles. The van der Waals surface area contributed by atoms with Crippen LogP contribution < -0.4 is 0 Å². The van der Waals surface area contributed by atoms with Gasteiger partial charge in [-0.25, -0.2) is 9.67 Å². The third kappa shape index (κ3) is 2.61. The van der Waals surface area contributed by atoms with Crippen molar-refractivity contribution >= 4 is 0 Å². The molecule has 0 aliphatic carbocycles. The average Bonchev–Trinajstić information content (AvgIpc) is 2.87. The molecule has 1 atom stereocenters. The lowest BCUT2D eigenvalue weighted by atomic mass is 10.1. The molecule has 2 aromatic heterocycles. The van der Waals surface area contributed by atoms with Crippen LogP contribution in [0, 0.1) is 0 Å². The first-order chi connectivity index (χ1) is 8.61. The molecule has 2 aromatic rings. The lowest BCUT2D eigenvalue weighted by molar-refractivity contribution is 0.684. The molecule has 0 aliphatic heterocycles. The van der Waals surface area contributed by atoms with Crippen molar-refractivity contribution in [2.75, 3.05) is 0 Å². The van der Waals surface area contributed by atoms with Gasteiger partial charge in [-0.1, -0.05) is 33.8 Å². The molecule has 0 bridgehead atoms. The Morgan fingerprint density at radius 1 is 1.17 bits per heavy atom. The lowest BCUT2D eigenvalue weighted by Gasteiger charge is -2.06. The molecule has 0 fully saturated rings. The Balaban J connectivity index is 2.23. The largest absolute Gasteiger partial charge is 0.237 e. The molecule has 0 aromatic carbocycles. The van der Waals surface area contributed by atoms with Crippen molar-refractivity contribution in [3.05, 3.63) is 41.9 Å². The van der Waals surface area contributed by atoms with Gasteiger partial charge in [0.15, 0.2) is 5.82 Å². The summed E-state index contributed by atoms with van der Waals surface area (Å²) in [6.45, 7) is 8.72. The average molecular weight is 243 g/mol. The zero-order valence-corrected chi connectivity index (χ0v) is 11.6. The highest BCUT2D eigenvalue weighted by atomic mass is 15.3. The smallest absolute Gasteiger partial charge is 0.153 e. The van der Waals surface area contributed by atoms with Gasteiger partial charge in [0.1, 0.15) is 0 Å². The summed E-state index contributed by atoms with van der Waals surface area (Å²) in [5.41, 5.74) is 2.39. The van der Waals surface area contributed by atoms with Crippen LogP contribution >= 0.6 is 0 Å². The van der Waals surface area contributed by atoms with Crippen LogP contribution in [-0.2, 0) is 0 Å². The Bertz CT molecular complexity index is 497. The molecular weight excluding hydrogens is 222 g/mol. The van der Waals surface area contributed by atoms with E-state index in [9.17, 15) is 0 Å². The van der Waals surface area contributed by atoms with E-state index in [1.54, 1.807) is 0 Å². The molecule has 96 valence electrons. The number of pyridine rings is 1.